The van der Waals surface area contributed by atoms with Gasteiger partial charge in [-0.3, -0.25) is 0 Å². The minimum Gasteiger partial charge on any atom is -0.0838 e. The number of aryl methyl sites for hydroxylation is 12. The maximum absolute atomic E-state index is 7.37. The first-order valence-electron chi connectivity index (χ1n) is 23.9. The molecule has 0 aliphatic rings. The molecular weight excluding hydrogens is 966 g/mol. The summed E-state index contributed by atoms with van der Waals surface area (Å²) in [7, 11) is 0. The van der Waals surface area contributed by atoms with Crippen LogP contribution in [0.1, 0.15) is 100 Å². The van der Waals surface area contributed by atoms with Crippen LogP contribution in [0, 0.1) is 125 Å². The van der Waals surface area contributed by atoms with Gasteiger partial charge in [-0.25, -0.2) is 0 Å². The smallest absolute Gasteiger partial charge is 0.0838 e. The average molecular weight is 1030 g/mol. The van der Waals surface area contributed by atoms with Crippen molar-refractivity contribution >= 4 is 139 Å². The second kappa shape index (κ2) is 20.2. The van der Waals surface area contributed by atoms with Crippen LogP contribution in [0.3, 0.4) is 0 Å². The fourth-order valence-electron chi connectivity index (χ4n) is 12.4. The van der Waals surface area contributed by atoms with E-state index >= 15 is 0 Å². The largest absolute Gasteiger partial charge is 0.242 e. The Kier molecular flexibility index (Phi) is 15.6. The van der Waals surface area contributed by atoms with E-state index in [4.69, 9.17) is 69.6 Å². The third-order valence-corrected chi connectivity index (χ3v) is 18.8. The SMILES string of the molecule is Cc1cc(C)c(B(c2cc(B(c3c(C)cc(C)c(Cl)c3C)c3c(C)cc(C)c(Cl)c3C)cc(B(c3c(C)cc(C)c(Cl)c3C)c3c(C)cc(C)c(Cl)c3C)c2)c2c(C)cc(C)c(Cl)c2C)c(C)c1Cl. The van der Waals surface area contributed by atoms with E-state index < -0.39 is 0 Å². The quantitative estimate of drug-likeness (QED) is 0.126. The lowest BCUT2D eigenvalue weighted by Gasteiger charge is -2.31. The molecule has 0 heterocycles. The van der Waals surface area contributed by atoms with Crippen LogP contribution in [0.5, 0.6) is 0 Å². The molecule has 0 saturated heterocycles. The lowest BCUT2D eigenvalue weighted by molar-refractivity contribution is 1.34. The van der Waals surface area contributed by atoms with Crippen LogP contribution in [0.4, 0.5) is 0 Å². The van der Waals surface area contributed by atoms with Crippen molar-refractivity contribution in [1.29, 1.82) is 0 Å². The van der Waals surface area contributed by atoms with Gasteiger partial charge in [0.1, 0.15) is 0 Å². The summed E-state index contributed by atoms with van der Waals surface area (Å²) in [5, 5.41) is 4.60. The third-order valence-electron chi connectivity index (χ3n) is 15.4. The second-order valence-electron chi connectivity index (χ2n) is 20.4. The van der Waals surface area contributed by atoms with Gasteiger partial charge in [0.15, 0.2) is 0 Å². The van der Waals surface area contributed by atoms with E-state index in [0.717, 1.165) is 147 Å². The Balaban J connectivity index is 1.81. The van der Waals surface area contributed by atoms with Crippen molar-refractivity contribution in [1.82, 2.24) is 0 Å². The molecule has 354 valence electrons. The molecule has 0 radical (unpaired) electrons. The van der Waals surface area contributed by atoms with Gasteiger partial charge in [-0.15, -0.1) is 0 Å². The Morgan fingerprint density at radius 3 is 0.464 bits per heavy atom. The minimum atomic E-state index is -0.276. The summed E-state index contributed by atoms with van der Waals surface area (Å²) in [6.45, 7) is 38.1. The molecule has 69 heavy (non-hydrogen) atoms. The highest BCUT2D eigenvalue weighted by Gasteiger charge is 2.38. The molecule has 0 unspecified atom stereocenters. The lowest BCUT2D eigenvalue weighted by atomic mass is 9.28. The Hall–Kier alpha value is -3.53. The van der Waals surface area contributed by atoms with E-state index in [2.05, 4.69) is 179 Å². The van der Waals surface area contributed by atoms with Crippen LogP contribution < -0.4 is 49.2 Å². The molecule has 0 atom stereocenters. The van der Waals surface area contributed by atoms with Gasteiger partial charge in [-0.2, -0.15) is 0 Å². The standard InChI is InChI=1S/C60H63B3Cl6/c1-28-19-34(7)55(64)40(13)49(28)61(50-29(2)20-35(8)56(65)41(50)14)46-25-47(62(51-30(3)21-36(9)57(66)42(51)15)52-31(4)22-37(10)58(67)43(52)16)27-48(26-46)63(53-32(5)23-38(11)59(68)44(53)17)54-33(6)24-39(12)60(69)45(54)18/h19-27H,1-18H3. The van der Waals surface area contributed by atoms with E-state index in [1.54, 1.807) is 0 Å². The van der Waals surface area contributed by atoms with E-state index in [1.807, 2.05) is 0 Å². The average Bonchev–Trinajstić information content (AvgIpc) is 3.27. The normalized spacial score (nSPS) is 11.5. The summed E-state index contributed by atoms with van der Waals surface area (Å²) in [5.41, 5.74) is 30.0. The highest BCUT2D eigenvalue weighted by atomic mass is 35.5. The highest BCUT2D eigenvalue weighted by Crippen LogP contribution is 2.29. The van der Waals surface area contributed by atoms with E-state index in [9.17, 15) is 0 Å². The number of benzene rings is 7. The summed E-state index contributed by atoms with van der Waals surface area (Å²) >= 11 is 44.2. The van der Waals surface area contributed by atoms with Crippen molar-refractivity contribution in [2.75, 3.05) is 0 Å². The number of rotatable bonds is 9. The molecule has 9 heteroatoms. The van der Waals surface area contributed by atoms with Crippen LogP contribution >= 0.6 is 69.6 Å². The lowest BCUT2D eigenvalue weighted by Crippen LogP contribution is -2.63. The van der Waals surface area contributed by atoms with Crippen molar-refractivity contribution in [2.45, 2.75) is 125 Å². The van der Waals surface area contributed by atoms with Gasteiger partial charge in [0.2, 0.25) is 20.1 Å². The molecule has 0 nitrogen and oxygen atoms in total. The van der Waals surface area contributed by atoms with Gasteiger partial charge in [-0.1, -0.05) is 207 Å². The minimum absolute atomic E-state index is 0.276. The summed E-state index contributed by atoms with van der Waals surface area (Å²) in [6, 6.07) is 20.8. The molecular formula is C60H63B3Cl6. The van der Waals surface area contributed by atoms with Gasteiger partial charge in [0, 0.05) is 30.1 Å². The molecule has 0 amide bonds. The zero-order valence-electron chi connectivity index (χ0n) is 43.7. The van der Waals surface area contributed by atoms with Gasteiger partial charge >= 0.3 is 0 Å². The summed E-state index contributed by atoms with van der Waals surface area (Å²) < 4.78 is 0. The predicted octanol–water partition coefficient (Wildman–Crippen LogP) is 12.7. The van der Waals surface area contributed by atoms with Gasteiger partial charge < -0.3 is 0 Å². The van der Waals surface area contributed by atoms with E-state index in [1.165, 1.54) is 32.8 Å². The van der Waals surface area contributed by atoms with Crippen LogP contribution in [-0.4, -0.2) is 20.1 Å². The zero-order chi connectivity index (χ0) is 51.1. The van der Waals surface area contributed by atoms with Crippen molar-refractivity contribution in [3.8, 4) is 0 Å². The molecule has 0 aliphatic heterocycles. The van der Waals surface area contributed by atoms with Gasteiger partial charge in [0.05, 0.1) is 0 Å². The summed E-state index contributed by atoms with van der Waals surface area (Å²) in [4.78, 5) is 0. The first-order chi connectivity index (χ1) is 32.2. The maximum Gasteiger partial charge on any atom is 0.242 e. The van der Waals surface area contributed by atoms with Crippen molar-refractivity contribution in [3.63, 3.8) is 0 Å². The number of hydrogen-bond donors (Lipinski definition) is 0. The molecule has 0 bridgehead atoms. The monoisotopic (exact) mass is 1030 g/mol. The summed E-state index contributed by atoms with van der Waals surface area (Å²) in [5.74, 6) is 0. The Labute approximate surface area is 445 Å². The molecule has 0 N–H and O–H groups in total. The van der Waals surface area contributed by atoms with Gasteiger partial charge in [0.25, 0.3) is 0 Å². The van der Waals surface area contributed by atoms with Crippen LogP contribution in [0.25, 0.3) is 0 Å². The van der Waals surface area contributed by atoms with Crippen LogP contribution in [0.2, 0.25) is 30.1 Å². The fraction of sp³-hybridized carbons (Fsp3) is 0.300. The molecule has 0 aliphatic carbocycles. The first-order valence-corrected chi connectivity index (χ1v) is 26.2. The van der Waals surface area contributed by atoms with Crippen LogP contribution in [-0.2, 0) is 0 Å². The Bertz CT molecular complexity index is 2740. The van der Waals surface area contributed by atoms with E-state index in [0.29, 0.717) is 0 Å². The van der Waals surface area contributed by atoms with Crippen molar-refractivity contribution in [2.24, 2.45) is 0 Å². The number of halogens is 6. The van der Waals surface area contributed by atoms with Crippen molar-refractivity contribution < 1.29 is 0 Å². The Morgan fingerprint density at radius 1 is 0.203 bits per heavy atom. The molecule has 7 aromatic rings. The maximum atomic E-state index is 7.37. The van der Waals surface area contributed by atoms with Crippen LogP contribution in [0.15, 0.2) is 54.6 Å². The summed E-state index contributed by atoms with van der Waals surface area (Å²) in [6.07, 6.45) is 0. The topological polar surface area (TPSA) is 0 Å². The first kappa shape index (κ1) is 53.3. The molecule has 7 aromatic carbocycles. The molecule has 0 fully saturated rings. The van der Waals surface area contributed by atoms with Gasteiger partial charge in [-0.05, 0) is 191 Å². The predicted molar refractivity (Wildman–Crippen MR) is 314 cm³/mol. The molecule has 0 spiro atoms. The zero-order valence-corrected chi connectivity index (χ0v) is 48.2. The Morgan fingerprint density at radius 2 is 0.333 bits per heavy atom. The second-order valence-corrected chi connectivity index (χ2v) is 22.7. The third kappa shape index (κ3) is 9.30. The van der Waals surface area contributed by atoms with E-state index in [-0.39, 0.29) is 20.1 Å². The molecule has 7 rings (SSSR count). The fourth-order valence-corrected chi connectivity index (χ4v) is 13.3. The molecule has 0 aromatic heterocycles. The highest BCUT2D eigenvalue weighted by molar-refractivity contribution is 7.02. The van der Waals surface area contributed by atoms with Crippen molar-refractivity contribution in [3.05, 3.63) is 185 Å². The molecule has 0 saturated carbocycles. The number of hydrogen-bond acceptors (Lipinski definition) is 0.